The maximum Gasteiger partial charge on any atom is 0.191 e. The molecule has 0 aliphatic carbocycles. The fraction of sp³-hybridized carbons (Fsp3) is 0.214. The van der Waals surface area contributed by atoms with Gasteiger partial charge in [-0.2, -0.15) is 5.10 Å². The lowest BCUT2D eigenvalue weighted by molar-refractivity contribution is 1.05. The highest BCUT2D eigenvalue weighted by Gasteiger charge is 2.00. The number of thiazole rings is 1. The van der Waals surface area contributed by atoms with Gasteiger partial charge in [0.25, 0.3) is 0 Å². The van der Waals surface area contributed by atoms with E-state index in [9.17, 15) is 0 Å². The number of aromatic nitrogens is 1. The molecule has 0 bridgehead atoms. The Hall–Kier alpha value is -1.79. The van der Waals surface area contributed by atoms with E-state index in [0.717, 1.165) is 22.0 Å². The number of anilines is 1. The van der Waals surface area contributed by atoms with E-state index in [2.05, 4.69) is 33.8 Å². The number of nitrogens with one attached hydrogen (secondary N) is 2. The largest absolute Gasteiger partial charge is 0.331 e. The molecule has 20 heavy (non-hydrogen) atoms. The Morgan fingerprint density at radius 3 is 2.80 bits per heavy atom. The molecular formula is C14H16N4S2. The van der Waals surface area contributed by atoms with Gasteiger partial charge in [0.2, 0.25) is 0 Å². The van der Waals surface area contributed by atoms with Crippen LogP contribution >= 0.6 is 23.6 Å². The summed E-state index contributed by atoms with van der Waals surface area (Å²) in [5, 5.41) is 10.6. The molecule has 104 valence electrons. The fourth-order valence-corrected chi connectivity index (χ4v) is 2.43. The Morgan fingerprint density at radius 2 is 2.15 bits per heavy atom. The van der Waals surface area contributed by atoms with Crippen LogP contribution in [0.5, 0.6) is 0 Å². The van der Waals surface area contributed by atoms with Crippen molar-refractivity contribution in [1.82, 2.24) is 10.4 Å². The van der Waals surface area contributed by atoms with Gasteiger partial charge in [0, 0.05) is 11.1 Å². The molecule has 1 heterocycles. The van der Waals surface area contributed by atoms with Gasteiger partial charge in [0.05, 0.1) is 16.9 Å². The van der Waals surface area contributed by atoms with E-state index in [-0.39, 0.29) is 0 Å². The second-order valence-corrected chi connectivity index (χ2v) is 5.90. The number of hydrazone groups is 1. The fourth-order valence-electron chi connectivity index (χ4n) is 1.70. The average molecular weight is 304 g/mol. The summed E-state index contributed by atoms with van der Waals surface area (Å²) in [4.78, 5) is 4.28. The van der Waals surface area contributed by atoms with Crippen LogP contribution in [-0.4, -0.2) is 16.3 Å². The molecule has 0 saturated heterocycles. The molecule has 4 nitrogen and oxygen atoms in total. The molecule has 0 spiro atoms. The predicted octanol–water partition coefficient (Wildman–Crippen LogP) is 3.39. The van der Waals surface area contributed by atoms with Gasteiger partial charge < -0.3 is 5.32 Å². The normalized spacial score (nSPS) is 10.8. The zero-order valence-electron chi connectivity index (χ0n) is 11.6. The summed E-state index contributed by atoms with van der Waals surface area (Å²) in [5.41, 5.74) is 6.96. The van der Waals surface area contributed by atoms with Gasteiger partial charge in [-0.15, -0.1) is 11.3 Å². The van der Waals surface area contributed by atoms with Crippen molar-refractivity contribution < 1.29 is 0 Å². The summed E-state index contributed by atoms with van der Waals surface area (Å²) < 4.78 is 0. The van der Waals surface area contributed by atoms with Crippen molar-refractivity contribution in [3.63, 3.8) is 0 Å². The van der Waals surface area contributed by atoms with E-state index in [1.807, 2.05) is 31.4 Å². The molecule has 0 saturated carbocycles. The molecule has 0 aliphatic heterocycles. The van der Waals surface area contributed by atoms with E-state index < -0.39 is 0 Å². The number of hydrogen-bond donors (Lipinski definition) is 2. The molecule has 0 atom stereocenters. The highest BCUT2D eigenvalue weighted by molar-refractivity contribution is 7.80. The van der Waals surface area contributed by atoms with Crippen LogP contribution < -0.4 is 10.7 Å². The first-order chi connectivity index (χ1) is 9.54. The Morgan fingerprint density at radius 1 is 1.35 bits per heavy atom. The zero-order chi connectivity index (χ0) is 14.5. The van der Waals surface area contributed by atoms with Crippen molar-refractivity contribution in [1.29, 1.82) is 0 Å². The van der Waals surface area contributed by atoms with Crippen molar-refractivity contribution in [2.45, 2.75) is 20.8 Å². The third-order valence-corrected chi connectivity index (χ3v) is 3.61. The van der Waals surface area contributed by atoms with Crippen LogP contribution in [-0.2, 0) is 0 Å². The predicted molar refractivity (Wildman–Crippen MR) is 89.7 cm³/mol. The van der Waals surface area contributed by atoms with E-state index in [0.29, 0.717) is 5.11 Å². The topological polar surface area (TPSA) is 49.3 Å². The first kappa shape index (κ1) is 14.6. The Kier molecular flexibility index (Phi) is 4.81. The summed E-state index contributed by atoms with van der Waals surface area (Å²) in [5.74, 6) is 0. The molecule has 0 aliphatic rings. The Bertz CT molecular complexity index is 646. The van der Waals surface area contributed by atoms with Gasteiger partial charge >= 0.3 is 0 Å². The number of hydrogen-bond acceptors (Lipinski definition) is 4. The third-order valence-electron chi connectivity index (χ3n) is 2.63. The van der Waals surface area contributed by atoms with Gasteiger partial charge in [0.1, 0.15) is 0 Å². The molecule has 0 fully saturated rings. The lowest BCUT2D eigenvalue weighted by Gasteiger charge is -2.10. The van der Waals surface area contributed by atoms with E-state index >= 15 is 0 Å². The maximum atomic E-state index is 5.20. The van der Waals surface area contributed by atoms with Crippen molar-refractivity contribution >= 4 is 40.6 Å². The molecule has 0 radical (unpaired) electrons. The standard InChI is InChI=1S/C14H16N4S2/c1-9-4-5-13(10(2)6-9)17-14(19)18-15-7-12-8-20-11(3)16-12/h4-8H,1-3H3,(H2,17,18,19)/b15-7-. The zero-order valence-corrected chi connectivity index (χ0v) is 13.2. The van der Waals surface area contributed by atoms with Crippen LogP contribution in [0.1, 0.15) is 21.8 Å². The highest BCUT2D eigenvalue weighted by atomic mass is 32.1. The van der Waals surface area contributed by atoms with Crippen LogP contribution in [0.25, 0.3) is 0 Å². The number of aryl methyl sites for hydroxylation is 3. The Balaban J connectivity index is 1.91. The van der Waals surface area contributed by atoms with Crippen molar-refractivity contribution in [2.24, 2.45) is 5.10 Å². The first-order valence-corrected chi connectivity index (χ1v) is 7.43. The van der Waals surface area contributed by atoms with Gasteiger partial charge in [-0.1, -0.05) is 17.7 Å². The molecule has 2 N–H and O–H groups in total. The van der Waals surface area contributed by atoms with Crippen LogP contribution in [0.2, 0.25) is 0 Å². The molecule has 6 heteroatoms. The van der Waals surface area contributed by atoms with Crippen LogP contribution in [0.4, 0.5) is 5.69 Å². The van der Waals surface area contributed by atoms with E-state index in [1.54, 1.807) is 17.6 Å². The summed E-state index contributed by atoms with van der Waals surface area (Å²) >= 11 is 6.79. The molecule has 0 amide bonds. The highest BCUT2D eigenvalue weighted by Crippen LogP contribution is 2.15. The Labute approximate surface area is 127 Å². The quantitative estimate of drug-likeness (QED) is 0.518. The molecule has 2 aromatic rings. The second kappa shape index (κ2) is 6.58. The lowest BCUT2D eigenvalue weighted by Crippen LogP contribution is -2.24. The monoisotopic (exact) mass is 304 g/mol. The molecule has 1 aromatic heterocycles. The summed E-state index contributed by atoms with van der Waals surface area (Å²) in [6, 6.07) is 6.15. The smallest absolute Gasteiger partial charge is 0.191 e. The summed E-state index contributed by atoms with van der Waals surface area (Å²) in [6.45, 7) is 6.06. The minimum atomic E-state index is 0.458. The van der Waals surface area contributed by atoms with Crippen molar-refractivity contribution in [3.8, 4) is 0 Å². The number of benzene rings is 1. The van der Waals surface area contributed by atoms with E-state index in [1.165, 1.54) is 5.56 Å². The molecule has 2 rings (SSSR count). The summed E-state index contributed by atoms with van der Waals surface area (Å²) in [6.07, 6.45) is 1.65. The lowest BCUT2D eigenvalue weighted by atomic mass is 10.1. The van der Waals surface area contributed by atoms with Gasteiger partial charge in [-0.25, -0.2) is 4.98 Å². The van der Waals surface area contributed by atoms with Crippen LogP contribution in [0.3, 0.4) is 0 Å². The number of thiocarbonyl (C=S) groups is 1. The number of rotatable bonds is 3. The second-order valence-electron chi connectivity index (χ2n) is 4.43. The van der Waals surface area contributed by atoms with Crippen molar-refractivity contribution in [3.05, 3.63) is 45.4 Å². The minimum Gasteiger partial charge on any atom is -0.331 e. The molecule has 1 aromatic carbocycles. The summed E-state index contributed by atoms with van der Waals surface area (Å²) in [7, 11) is 0. The van der Waals surface area contributed by atoms with E-state index in [4.69, 9.17) is 12.2 Å². The minimum absolute atomic E-state index is 0.458. The van der Waals surface area contributed by atoms with Gasteiger partial charge in [0.15, 0.2) is 5.11 Å². The molecular weight excluding hydrogens is 288 g/mol. The van der Waals surface area contributed by atoms with Crippen molar-refractivity contribution in [2.75, 3.05) is 5.32 Å². The maximum absolute atomic E-state index is 5.20. The third kappa shape index (κ3) is 4.11. The SMILES string of the molecule is Cc1ccc(NC(=S)N/N=C\c2csc(C)n2)c(C)c1. The average Bonchev–Trinajstić information content (AvgIpc) is 2.79. The number of nitrogens with zero attached hydrogens (tertiary/aromatic N) is 2. The van der Waals surface area contributed by atoms with Gasteiger partial charge in [-0.05, 0) is 44.6 Å². The van der Waals surface area contributed by atoms with Gasteiger partial charge in [-0.3, -0.25) is 5.43 Å². The van der Waals surface area contributed by atoms with Crippen LogP contribution in [0, 0.1) is 20.8 Å². The first-order valence-electron chi connectivity index (χ1n) is 6.14. The van der Waals surface area contributed by atoms with Crippen LogP contribution in [0.15, 0.2) is 28.7 Å². The molecule has 0 unspecified atom stereocenters.